The van der Waals surface area contributed by atoms with E-state index >= 15 is 0 Å². The normalized spacial score (nSPS) is 12.7. The molecule has 466 valence electrons. The van der Waals surface area contributed by atoms with Gasteiger partial charge in [-0.15, -0.1) is 0 Å². The molecule has 0 fully saturated rings. The first kappa shape index (κ1) is 77.3. The molecule has 0 amide bonds. The number of allylic oxidation sites excluding steroid dienone is 16. The van der Waals surface area contributed by atoms with Gasteiger partial charge in [-0.1, -0.05) is 330 Å². The fourth-order valence-electron chi connectivity index (χ4n) is 9.91. The Hall–Kier alpha value is -3.67. The molecule has 0 aliphatic carbocycles. The van der Waals surface area contributed by atoms with Crippen molar-refractivity contribution in [2.75, 3.05) is 13.2 Å². The molecule has 0 saturated heterocycles. The fourth-order valence-corrected chi connectivity index (χ4v) is 9.91. The molecular formula is C75H130O6. The molecular weight excluding hydrogens is 997 g/mol. The number of rotatable bonds is 63. The Labute approximate surface area is 502 Å². The van der Waals surface area contributed by atoms with Gasteiger partial charge in [0.05, 0.1) is 0 Å². The van der Waals surface area contributed by atoms with Crippen LogP contribution >= 0.6 is 0 Å². The first-order chi connectivity index (χ1) is 40.0. The Morgan fingerprint density at radius 2 is 0.506 bits per heavy atom. The van der Waals surface area contributed by atoms with Gasteiger partial charge >= 0.3 is 17.9 Å². The van der Waals surface area contributed by atoms with E-state index in [0.717, 1.165) is 103 Å². The molecule has 0 aliphatic rings. The van der Waals surface area contributed by atoms with Crippen LogP contribution in [0.1, 0.15) is 342 Å². The number of hydrogen-bond donors (Lipinski definition) is 0. The van der Waals surface area contributed by atoms with Crippen LogP contribution in [-0.2, 0) is 28.6 Å². The summed E-state index contributed by atoms with van der Waals surface area (Å²) in [5, 5.41) is 0. The molecule has 0 aromatic rings. The average Bonchev–Trinajstić information content (AvgIpc) is 3.47. The van der Waals surface area contributed by atoms with Gasteiger partial charge in [0.25, 0.3) is 0 Å². The minimum atomic E-state index is -0.825. The Kier molecular flexibility index (Phi) is 65.7. The zero-order valence-electron chi connectivity index (χ0n) is 53.5. The van der Waals surface area contributed by atoms with Crippen molar-refractivity contribution in [3.05, 3.63) is 97.2 Å². The minimum absolute atomic E-state index is 0.110. The molecule has 6 heteroatoms. The molecule has 0 heterocycles. The van der Waals surface area contributed by atoms with E-state index in [9.17, 15) is 14.4 Å². The second kappa shape index (κ2) is 68.8. The molecule has 1 atom stereocenters. The van der Waals surface area contributed by atoms with Crippen LogP contribution in [0.15, 0.2) is 97.2 Å². The highest BCUT2D eigenvalue weighted by Gasteiger charge is 2.19. The van der Waals surface area contributed by atoms with E-state index in [0.29, 0.717) is 19.3 Å². The van der Waals surface area contributed by atoms with Gasteiger partial charge in [0.15, 0.2) is 6.10 Å². The van der Waals surface area contributed by atoms with Crippen molar-refractivity contribution in [3.8, 4) is 0 Å². The zero-order chi connectivity index (χ0) is 58.5. The SMILES string of the molecule is CC/C=C\C/C=C\C/C=C\C/C=C\C/C=C\C/C=C\CCC(=O)OC(COC(=O)CCCCCCC/C=C\C/C=C\CCCCC)COC(=O)CCCCCCCCCCCCCCCCCCCCCCCCCCCCCCC. The zero-order valence-corrected chi connectivity index (χ0v) is 53.5. The molecule has 81 heavy (non-hydrogen) atoms. The van der Waals surface area contributed by atoms with Crippen molar-refractivity contribution in [3.63, 3.8) is 0 Å². The number of ether oxygens (including phenoxy) is 3. The monoisotopic (exact) mass is 1130 g/mol. The first-order valence-electron chi connectivity index (χ1n) is 34.7. The van der Waals surface area contributed by atoms with Crippen LogP contribution in [0, 0.1) is 0 Å². The molecule has 0 bridgehead atoms. The maximum atomic E-state index is 12.9. The molecule has 0 spiro atoms. The van der Waals surface area contributed by atoms with Gasteiger partial charge in [0.2, 0.25) is 0 Å². The fraction of sp³-hybridized carbons (Fsp3) is 0.747. The second-order valence-corrected chi connectivity index (χ2v) is 23.1. The molecule has 0 radical (unpaired) electrons. The smallest absolute Gasteiger partial charge is 0.306 e. The largest absolute Gasteiger partial charge is 0.462 e. The van der Waals surface area contributed by atoms with Crippen LogP contribution in [0.5, 0.6) is 0 Å². The number of unbranched alkanes of at least 4 members (excludes halogenated alkanes) is 36. The van der Waals surface area contributed by atoms with Gasteiger partial charge in [-0.3, -0.25) is 14.4 Å². The number of esters is 3. The number of carbonyl (C=O) groups excluding carboxylic acids is 3. The maximum Gasteiger partial charge on any atom is 0.306 e. The van der Waals surface area contributed by atoms with Crippen molar-refractivity contribution < 1.29 is 28.6 Å². The quantitative estimate of drug-likeness (QED) is 0.0261. The predicted octanol–water partition coefficient (Wildman–Crippen LogP) is 24.0. The first-order valence-corrected chi connectivity index (χ1v) is 34.7. The molecule has 0 aliphatic heterocycles. The summed E-state index contributed by atoms with van der Waals surface area (Å²) < 4.78 is 16.9. The van der Waals surface area contributed by atoms with Crippen molar-refractivity contribution in [1.82, 2.24) is 0 Å². The van der Waals surface area contributed by atoms with Crippen molar-refractivity contribution >= 4 is 17.9 Å². The predicted molar refractivity (Wildman–Crippen MR) is 353 cm³/mol. The number of hydrogen-bond acceptors (Lipinski definition) is 6. The van der Waals surface area contributed by atoms with Gasteiger partial charge in [-0.05, 0) is 89.9 Å². The van der Waals surface area contributed by atoms with Crippen molar-refractivity contribution in [2.24, 2.45) is 0 Å². The van der Waals surface area contributed by atoms with E-state index in [1.165, 1.54) is 193 Å². The van der Waals surface area contributed by atoms with Crippen LogP contribution in [0.2, 0.25) is 0 Å². The Bertz CT molecular complexity index is 1580. The van der Waals surface area contributed by atoms with Crippen LogP contribution < -0.4 is 0 Å². The van der Waals surface area contributed by atoms with Gasteiger partial charge in [-0.2, -0.15) is 0 Å². The molecule has 0 aromatic heterocycles. The topological polar surface area (TPSA) is 78.9 Å². The summed E-state index contributed by atoms with van der Waals surface area (Å²) in [6, 6.07) is 0. The maximum absolute atomic E-state index is 12.9. The highest BCUT2D eigenvalue weighted by atomic mass is 16.6. The lowest BCUT2D eigenvalue weighted by Gasteiger charge is -2.18. The average molecular weight is 1130 g/mol. The van der Waals surface area contributed by atoms with E-state index in [4.69, 9.17) is 14.2 Å². The second-order valence-electron chi connectivity index (χ2n) is 23.1. The summed E-state index contributed by atoms with van der Waals surface area (Å²) in [7, 11) is 0. The molecule has 0 N–H and O–H groups in total. The Morgan fingerprint density at radius 3 is 0.827 bits per heavy atom. The third-order valence-electron chi connectivity index (χ3n) is 15.1. The third-order valence-corrected chi connectivity index (χ3v) is 15.1. The molecule has 0 rings (SSSR count). The number of carbonyl (C=O) groups is 3. The van der Waals surface area contributed by atoms with Crippen LogP contribution in [0.4, 0.5) is 0 Å². The van der Waals surface area contributed by atoms with Gasteiger partial charge in [0, 0.05) is 19.3 Å². The van der Waals surface area contributed by atoms with Gasteiger partial charge < -0.3 is 14.2 Å². The highest BCUT2D eigenvalue weighted by molar-refractivity contribution is 5.71. The standard InChI is InChI=1S/C75H130O6/c1-4-7-10-13-16-19-22-25-28-30-32-33-34-35-36-37-38-39-40-41-43-44-47-50-53-56-59-62-65-68-74(77)80-71-72(70-79-73(76)67-64-61-58-55-52-49-46-27-24-21-18-15-12-9-6-3)81-75(78)69-66-63-60-57-54-51-48-45-42-31-29-26-23-20-17-14-11-8-5-2/h8,11,17-18,20-21,26-27,29,42,45-46,51,54,60,63,72H,4-7,9-10,12-16,19,22-25,28,30-41,43-44,47-50,52-53,55-59,61-62,64-71H2,1-3H3/b11-8-,20-17-,21-18-,29-26-,45-42-,46-27-,54-51-,63-60-. The van der Waals surface area contributed by atoms with E-state index in [2.05, 4.69) is 112 Å². The summed E-state index contributed by atoms with van der Waals surface area (Å²) in [6.45, 7) is 6.47. The van der Waals surface area contributed by atoms with Gasteiger partial charge in [0.1, 0.15) is 13.2 Å². The summed E-state index contributed by atoms with van der Waals surface area (Å²) in [4.78, 5) is 38.3. The third kappa shape index (κ3) is 67.0. The lowest BCUT2D eigenvalue weighted by atomic mass is 10.0. The molecule has 0 saturated carbocycles. The minimum Gasteiger partial charge on any atom is -0.462 e. The van der Waals surface area contributed by atoms with Crippen LogP contribution in [0.3, 0.4) is 0 Å². The van der Waals surface area contributed by atoms with E-state index in [-0.39, 0.29) is 31.6 Å². The highest BCUT2D eigenvalue weighted by Crippen LogP contribution is 2.18. The molecule has 6 nitrogen and oxygen atoms in total. The Morgan fingerprint density at radius 1 is 0.259 bits per heavy atom. The van der Waals surface area contributed by atoms with Crippen LogP contribution in [-0.4, -0.2) is 37.2 Å². The summed E-state index contributed by atoms with van der Waals surface area (Å²) >= 11 is 0. The summed E-state index contributed by atoms with van der Waals surface area (Å²) in [5.74, 6) is -0.996. The van der Waals surface area contributed by atoms with E-state index in [1.54, 1.807) is 0 Å². The van der Waals surface area contributed by atoms with Gasteiger partial charge in [-0.25, -0.2) is 0 Å². The van der Waals surface area contributed by atoms with E-state index < -0.39 is 12.1 Å². The summed E-state index contributed by atoms with van der Waals surface area (Å²) in [5.41, 5.74) is 0. The molecule has 0 aromatic carbocycles. The molecule has 1 unspecified atom stereocenters. The lowest BCUT2D eigenvalue weighted by molar-refractivity contribution is -0.166. The lowest BCUT2D eigenvalue weighted by Crippen LogP contribution is -2.30. The van der Waals surface area contributed by atoms with Crippen LogP contribution in [0.25, 0.3) is 0 Å². The van der Waals surface area contributed by atoms with Crippen molar-refractivity contribution in [1.29, 1.82) is 0 Å². The Balaban J connectivity index is 4.32. The van der Waals surface area contributed by atoms with E-state index in [1.807, 2.05) is 6.08 Å². The van der Waals surface area contributed by atoms with Crippen molar-refractivity contribution in [2.45, 2.75) is 348 Å². The summed E-state index contributed by atoms with van der Waals surface area (Å²) in [6.07, 6.45) is 93.1.